The number of carbonyl (C=O) groups is 1. The Kier molecular flexibility index (Phi) is 2.83. The minimum Gasteiger partial charge on any atom is -0.297 e. The smallest absolute Gasteiger partial charge is 0.297 e. The molecule has 1 saturated carbocycles. The fourth-order valence-corrected chi connectivity index (χ4v) is 3.47. The highest BCUT2D eigenvalue weighted by molar-refractivity contribution is 7.20. The van der Waals surface area contributed by atoms with Crippen molar-refractivity contribution >= 4 is 27.8 Å². The maximum atomic E-state index is 12.5. The van der Waals surface area contributed by atoms with Gasteiger partial charge in [0.2, 0.25) is 0 Å². The molecule has 0 radical (unpaired) electrons. The van der Waals surface area contributed by atoms with Gasteiger partial charge in [0.15, 0.2) is 6.29 Å². The Morgan fingerprint density at radius 1 is 1.45 bits per heavy atom. The van der Waals surface area contributed by atoms with E-state index in [1.165, 1.54) is 9.13 Å². The monoisotopic (exact) mass is 289 g/mol. The van der Waals surface area contributed by atoms with E-state index in [1.807, 2.05) is 6.07 Å². The Hall–Kier alpha value is -2.20. The second-order valence-electron chi connectivity index (χ2n) is 4.82. The van der Waals surface area contributed by atoms with Gasteiger partial charge >= 0.3 is 5.69 Å². The van der Waals surface area contributed by atoms with Crippen LogP contribution >= 0.6 is 11.3 Å². The first-order valence-electron chi connectivity index (χ1n) is 6.20. The molecule has 0 atom stereocenters. The third-order valence-corrected chi connectivity index (χ3v) is 4.77. The Balaban J connectivity index is 2.52. The van der Waals surface area contributed by atoms with Crippen molar-refractivity contribution in [3.05, 3.63) is 31.3 Å². The number of hydrogen-bond donors (Lipinski definition) is 0. The quantitative estimate of drug-likeness (QED) is 0.795. The molecule has 2 aromatic heterocycles. The standard InChI is InChI=1S/C13H11N3O3S/c1-7-9(6-17)20-12-10(7)11(18)16(8-2-3-8)13(19)15(12)5-4-14/h6,8H,2-3,5H2,1H3. The molecule has 2 aromatic rings. The largest absolute Gasteiger partial charge is 0.333 e. The average Bonchev–Trinajstić information content (AvgIpc) is 3.18. The SMILES string of the molecule is Cc1c(C=O)sc2c1c(=O)n(C1CC1)c(=O)n2CC#N. The second kappa shape index (κ2) is 4.42. The van der Waals surface area contributed by atoms with Crippen LogP contribution in [0.5, 0.6) is 0 Å². The van der Waals surface area contributed by atoms with E-state index in [0.29, 0.717) is 26.9 Å². The van der Waals surface area contributed by atoms with Crippen molar-refractivity contribution in [3.63, 3.8) is 0 Å². The number of aryl methyl sites for hydroxylation is 1. The summed E-state index contributed by atoms with van der Waals surface area (Å²) in [6.07, 6.45) is 2.29. The van der Waals surface area contributed by atoms with E-state index in [-0.39, 0.29) is 18.1 Å². The summed E-state index contributed by atoms with van der Waals surface area (Å²) in [6.45, 7) is 1.57. The van der Waals surface area contributed by atoms with E-state index in [9.17, 15) is 14.4 Å². The molecule has 0 unspecified atom stereocenters. The van der Waals surface area contributed by atoms with Crippen LogP contribution in [0.15, 0.2) is 9.59 Å². The summed E-state index contributed by atoms with van der Waals surface area (Å²) < 4.78 is 2.52. The normalized spacial score (nSPS) is 14.4. The first kappa shape index (κ1) is 12.8. The number of fused-ring (bicyclic) bond motifs is 1. The molecule has 0 aromatic carbocycles. The van der Waals surface area contributed by atoms with E-state index in [0.717, 1.165) is 24.2 Å². The van der Waals surface area contributed by atoms with Crippen LogP contribution in [0, 0.1) is 18.3 Å². The molecule has 0 N–H and O–H groups in total. The van der Waals surface area contributed by atoms with Crippen molar-refractivity contribution in [2.75, 3.05) is 0 Å². The van der Waals surface area contributed by atoms with Crippen molar-refractivity contribution in [2.45, 2.75) is 32.4 Å². The highest BCUT2D eigenvalue weighted by Crippen LogP contribution is 2.33. The summed E-state index contributed by atoms with van der Waals surface area (Å²) in [6, 6.07) is 1.87. The van der Waals surface area contributed by atoms with Crippen LogP contribution in [0.25, 0.3) is 10.2 Å². The molecule has 0 bridgehead atoms. The van der Waals surface area contributed by atoms with Crippen LogP contribution in [0.4, 0.5) is 0 Å². The van der Waals surface area contributed by atoms with Gasteiger partial charge in [-0.15, -0.1) is 11.3 Å². The Morgan fingerprint density at radius 3 is 2.70 bits per heavy atom. The van der Waals surface area contributed by atoms with Gasteiger partial charge in [-0.25, -0.2) is 4.79 Å². The molecular weight excluding hydrogens is 278 g/mol. The van der Waals surface area contributed by atoms with Gasteiger partial charge in [-0.1, -0.05) is 0 Å². The topological polar surface area (TPSA) is 84.9 Å². The highest BCUT2D eigenvalue weighted by atomic mass is 32.1. The lowest BCUT2D eigenvalue weighted by atomic mass is 10.2. The third kappa shape index (κ3) is 1.65. The highest BCUT2D eigenvalue weighted by Gasteiger charge is 2.30. The van der Waals surface area contributed by atoms with E-state index in [1.54, 1.807) is 6.92 Å². The molecule has 6 nitrogen and oxygen atoms in total. The number of nitriles is 1. The van der Waals surface area contributed by atoms with Crippen molar-refractivity contribution in [1.82, 2.24) is 9.13 Å². The van der Waals surface area contributed by atoms with Crippen LogP contribution in [-0.4, -0.2) is 15.4 Å². The molecule has 2 heterocycles. The van der Waals surface area contributed by atoms with Crippen LogP contribution in [0.1, 0.15) is 34.1 Å². The molecule has 1 aliphatic rings. The van der Waals surface area contributed by atoms with Crippen molar-refractivity contribution < 1.29 is 4.79 Å². The Morgan fingerprint density at radius 2 is 2.15 bits per heavy atom. The molecule has 102 valence electrons. The summed E-state index contributed by atoms with van der Waals surface area (Å²) >= 11 is 1.09. The molecule has 1 fully saturated rings. The molecule has 0 aliphatic heterocycles. The molecule has 0 saturated heterocycles. The van der Waals surface area contributed by atoms with E-state index in [2.05, 4.69) is 0 Å². The summed E-state index contributed by atoms with van der Waals surface area (Å²) in [7, 11) is 0. The Labute approximate surface area is 117 Å². The number of thiophene rings is 1. The van der Waals surface area contributed by atoms with Crippen molar-refractivity contribution in [2.24, 2.45) is 0 Å². The maximum Gasteiger partial charge on any atom is 0.333 e. The lowest BCUT2D eigenvalue weighted by Crippen LogP contribution is -2.39. The number of aldehydes is 1. The van der Waals surface area contributed by atoms with Gasteiger partial charge in [0.25, 0.3) is 5.56 Å². The third-order valence-electron chi connectivity index (χ3n) is 3.53. The average molecular weight is 289 g/mol. The molecule has 1 aliphatic carbocycles. The molecule has 3 rings (SSSR count). The molecular formula is C13H11N3O3S. The van der Waals surface area contributed by atoms with Gasteiger partial charge in [0, 0.05) is 6.04 Å². The van der Waals surface area contributed by atoms with Gasteiger partial charge in [0.1, 0.15) is 11.4 Å². The molecule has 0 spiro atoms. The summed E-state index contributed by atoms with van der Waals surface area (Å²) in [5, 5.41) is 9.28. The number of rotatable bonds is 3. The van der Waals surface area contributed by atoms with Crippen molar-refractivity contribution in [1.29, 1.82) is 5.26 Å². The molecule has 7 heteroatoms. The minimum atomic E-state index is -0.453. The van der Waals surface area contributed by atoms with Crippen molar-refractivity contribution in [3.8, 4) is 6.07 Å². The van der Waals surface area contributed by atoms with Crippen LogP contribution < -0.4 is 11.2 Å². The lowest BCUT2D eigenvalue weighted by molar-refractivity contribution is 0.112. The van der Waals surface area contributed by atoms with Gasteiger partial charge in [-0.3, -0.25) is 18.7 Å². The zero-order chi connectivity index (χ0) is 14.4. The zero-order valence-electron chi connectivity index (χ0n) is 10.8. The summed E-state index contributed by atoms with van der Waals surface area (Å²) in [5.41, 5.74) is -0.208. The van der Waals surface area contributed by atoms with E-state index < -0.39 is 5.69 Å². The number of hydrogen-bond acceptors (Lipinski definition) is 5. The van der Waals surface area contributed by atoms with Crippen LogP contribution in [0.2, 0.25) is 0 Å². The lowest BCUT2D eigenvalue weighted by Gasteiger charge is -2.08. The summed E-state index contributed by atoms with van der Waals surface area (Å²) in [5.74, 6) is 0. The predicted molar refractivity (Wildman–Crippen MR) is 74.4 cm³/mol. The minimum absolute atomic E-state index is 0.0664. The zero-order valence-corrected chi connectivity index (χ0v) is 11.6. The maximum absolute atomic E-state index is 12.5. The second-order valence-corrected chi connectivity index (χ2v) is 5.85. The van der Waals surface area contributed by atoms with E-state index >= 15 is 0 Å². The Bertz CT molecular complexity index is 877. The van der Waals surface area contributed by atoms with Gasteiger partial charge in [-0.05, 0) is 25.3 Å². The number of carbonyl (C=O) groups excluding carboxylic acids is 1. The van der Waals surface area contributed by atoms with Gasteiger partial charge < -0.3 is 0 Å². The first-order valence-corrected chi connectivity index (χ1v) is 7.02. The van der Waals surface area contributed by atoms with Crippen LogP contribution in [-0.2, 0) is 6.54 Å². The number of nitrogens with zero attached hydrogens (tertiary/aromatic N) is 3. The molecule has 0 amide bonds. The van der Waals surface area contributed by atoms with Gasteiger partial charge in [-0.2, -0.15) is 5.26 Å². The molecule has 20 heavy (non-hydrogen) atoms. The summed E-state index contributed by atoms with van der Waals surface area (Å²) in [4.78, 5) is 36.8. The van der Waals surface area contributed by atoms with Gasteiger partial charge in [0.05, 0.1) is 16.3 Å². The fourth-order valence-electron chi connectivity index (χ4n) is 2.36. The fraction of sp³-hybridized carbons (Fsp3) is 0.385. The van der Waals surface area contributed by atoms with Crippen LogP contribution in [0.3, 0.4) is 0 Å². The first-order chi connectivity index (χ1) is 9.60. The van der Waals surface area contributed by atoms with E-state index in [4.69, 9.17) is 5.26 Å². The number of aromatic nitrogens is 2. The predicted octanol–water partition coefficient (Wildman–Crippen LogP) is 1.20.